The van der Waals surface area contributed by atoms with Crippen LogP contribution in [0.25, 0.3) is 0 Å². The molecule has 0 aliphatic heterocycles. The van der Waals surface area contributed by atoms with Gasteiger partial charge in [-0.2, -0.15) is 0 Å². The number of rotatable bonds is 2. The molecule has 2 N–H and O–H groups in total. The lowest BCUT2D eigenvalue weighted by molar-refractivity contribution is 0.112. The lowest BCUT2D eigenvalue weighted by Gasteiger charge is -2.15. The Bertz CT molecular complexity index is 376. The highest BCUT2D eigenvalue weighted by atomic mass is 19.1. The monoisotopic (exact) mass is 253 g/mol. The maximum atomic E-state index is 12.8. The lowest BCUT2D eigenvalue weighted by atomic mass is 9.97. The molecular formula is C14H20FNO2. The van der Waals surface area contributed by atoms with Crippen LogP contribution < -0.4 is 10.5 Å². The van der Waals surface area contributed by atoms with E-state index in [-0.39, 0.29) is 5.75 Å². The molecule has 0 unspecified atom stereocenters. The van der Waals surface area contributed by atoms with Crippen LogP contribution in [-0.2, 0) is 0 Å². The second-order valence-corrected chi connectivity index (χ2v) is 4.41. The summed E-state index contributed by atoms with van der Waals surface area (Å²) in [7, 11) is 1.37. The van der Waals surface area contributed by atoms with E-state index in [1.54, 1.807) is 0 Å². The van der Waals surface area contributed by atoms with Gasteiger partial charge in [-0.25, -0.2) is 4.39 Å². The maximum Gasteiger partial charge on any atom is 0.165 e. The van der Waals surface area contributed by atoms with Gasteiger partial charge in [-0.1, -0.05) is 19.3 Å². The molecule has 3 nitrogen and oxygen atoms in total. The van der Waals surface area contributed by atoms with Gasteiger partial charge < -0.3 is 10.5 Å². The number of ether oxygens (including phenoxy) is 1. The first-order valence-electron chi connectivity index (χ1n) is 6.21. The summed E-state index contributed by atoms with van der Waals surface area (Å²) in [6, 6.07) is 4.58. The van der Waals surface area contributed by atoms with E-state index >= 15 is 0 Å². The number of halogens is 1. The SMILES string of the molecule is COc1ccc(C=O)cc1F.NC1CCCCC1. The van der Waals surface area contributed by atoms with Gasteiger partial charge in [-0.05, 0) is 31.0 Å². The molecule has 1 saturated carbocycles. The molecule has 0 radical (unpaired) electrons. The highest BCUT2D eigenvalue weighted by Crippen LogP contribution is 2.16. The Balaban J connectivity index is 0.000000199. The molecule has 2 rings (SSSR count). The zero-order valence-corrected chi connectivity index (χ0v) is 10.7. The van der Waals surface area contributed by atoms with Crippen molar-refractivity contribution < 1.29 is 13.9 Å². The second-order valence-electron chi connectivity index (χ2n) is 4.41. The van der Waals surface area contributed by atoms with E-state index in [9.17, 15) is 9.18 Å². The van der Waals surface area contributed by atoms with Gasteiger partial charge >= 0.3 is 0 Å². The molecule has 0 bridgehead atoms. The molecule has 0 atom stereocenters. The van der Waals surface area contributed by atoms with Crippen molar-refractivity contribution in [3.63, 3.8) is 0 Å². The summed E-state index contributed by atoms with van der Waals surface area (Å²) >= 11 is 0. The summed E-state index contributed by atoms with van der Waals surface area (Å²) in [6.45, 7) is 0. The summed E-state index contributed by atoms with van der Waals surface area (Å²) < 4.78 is 17.4. The molecule has 4 heteroatoms. The van der Waals surface area contributed by atoms with E-state index < -0.39 is 5.82 Å². The smallest absolute Gasteiger partial charge is 0.165 e. The van der Waals surface area contributed by atoms with Crippen LogP contribution in [0.5, 0.6) is 5.75 Å². The zero-order chi connectivity index (χ0) is 13.4. The van der Waals surface area contributed by atoms with Gasteiger partial charge in [-0.15, -0.1) is 0 Å². The Morgan fingerprint density at radius 2 is 2.00 bits per heavy atom. The standard InChI is InChI=1S/C8H7FO2.C6H13N/c1-11-8-3-2-6(5-10)4-7(8)9;7-6-4-2-1-3-5-6/h2-5H,1H3;6H,1-5,7H2. The minimum atomic E-state index is -0.517. The van der Waals surface area contributed by atoms with Crippen molar-refractivity contribution >= 4 is 6.29 Å². The fourth-order valence-corrected chi connectivity index (χ4v) is 1.89. The van der Waals surface area contributed by atoms with Crippen molar-refractivity contribution in [3.8, 4) is 5.75 Å². The first kappa shape index (κ1) is 14.6. The van der Waals surface area contributed by atoms with Gasteiger partial charge in [0.25, 0.3) is 0 Å². The molecule has 0 amide bonds. The predicted octanol–water partition coefficient (Wildman–Crippen LogP) is 2.92. The van der Waals surface area contributed by atoms with Crippen LogP contribution in [-0.4, -0.2) is 19.4 Å². The minimum Gasteiger partial charge on any atom is -0.494 e. The lowest BCUT2D eigenvalue weighted by Crippen LogP contribution is -2.22. The summed E-state index contributed by atoms with van der Waals surface area (Å²) in [5.74, 6) is -0.368. The molecule has 0 heterocycles. The Kier molecular flexibility index (Phi) is 6.36. The van der Waals surface area contributed by atoms with Gasteiger partial charge in [0, 0.05) is 11.6 Å². The minimum absolute atomic E-state index is 0.149. The first-order chi connectivity index (χ1) is 8.67. The average Bonchev–Trinajstić information content (AvgIpc) is 2.40. The van der Waals surface area contributed by atoms with Crippen molar-refractivity contribution in [2.45, 2.75) is 38.1 Å². The van der Waals surface area contributed by atoms with Crippen LogP contribution in [0.2, 0.25) is 0 Å². The van der Waals surface area contributed by atoms with Gasteiger partial charge in [0.1, 0.15) is 6.29 Å². The number of nitrogens with two attached hydrogens (primary N) is 1. The van der Waals surface area contributed by atoms with Crippen LogP contribution in [0.15, 0.2) is 18.2 Å². The molecule has 0 aromatic heterocycles. The summed E-state index contributed by atoms with van der Waals surface area (Å²) in [6.07, 6.45) is 7.25. The highest BCUT2D eigenvalue weighted by Gasteiger charge is 2.06. The molecule has 1 aliphatic carbocycles. The summed E-state index contributed by atoms with van der Waals surface area (Å²) in [4.78, 5) is 10.2. The number of methoxy groups -OCH3 is 1. The van der Waals surface area contributed by atoms with E-state index in [1.807, 2.05) is 0 Å². The van der Waals surface area contributed by atoms with Gasteiger partial charge in [0.15, 0.2) is 11.6 Å². The average molecular weight is 253 g/mol. The Morgan fingerprint density at radius 1 is 1.33 bits per heavy atom. The van der Waals surface area contributed by atoms with Crippen LogP contribution in [0.4, 0.5) is 4.39 Å². The Labute approximate surface area is 107 Å². The normalized spacial score (nSPS) is 15.5. The van der Waals surface area contributed by atoms with E-state index in [0.717, 1.165) is 6.07 Å². The summed E-state index contributed by atoms with van der Waals surface area (Å²) in [5.41, 5.74) is 5.94. The van der Waals surface area contributed by atoms with Crippen LogP contribution in [0.1, 0.15) is 42.5 Å². The third-order valence-electron chi connectivity index (χ3n) is 2.96. The second kappa shape index (κ2) is 7.82. The Morgan fingerprint density at radius 3 is 2.39 bits per heavy atom. The van der Waals surface area contributed by atoms with Crippen molar-refractivity contribution in [2.75, 3.05) is 7.11 Å². The van der Waals surface area contributed by atoms with Gasteiger partial charge in [0.2, 0.25) is 0 Å². The first-order valence-corrected chi connectivity index (χ1v) is 6.21. The third-order valence-corrected chi connectivity index (χ3v) is 2.96. The molecule has 100 valence electrons. The molecule has 1 fully saturated rings. The predicted molar refractivity (Wildman–Crippen MR) is 69.4 cm³/mol. The van der Waals surface area contributed by atoms with Gasteiger partial charge in [-0.3, -0.25) is 4.79 Å². The highest BCUT2D eigenvalue weighted by molar-refractivity contribution is 5.74. The molecule has 1 aromatic rings. The third kappa shape index (κ3) is 4.84. The molecule has 18 heavy (non-hydrogen) atoms. The van der Waals surface area contributed by atoms with Crippen molar-refractivity contribution in [3.05, 3.63) is 29.6 Å². The fourth-order valence-electron chi connectivity index (χ4n) is 1.89. The quantitative estimate of drug-likeness (QED) is 0.824. The summed E-state index contributed by atoms with van der Waals surface area (Å²) in [5, 5.41) is 0. The number of carbonyl (C=O) groups is 1. The molecular weight excluding hydrogens is 233 g/mol. The van der Waals surface area contributed by atoms with Crippen LogP contribution >= 0.6 is 0 Å². The van der Waals surface area contributed by atoms with E-state index in [1.165, 1.54) is 51.3 Å². The number of hydrogen-bond donors (Lipinski definition) is 1. The van der Waals surface area contributed by atoms with E-state index in [2.05, 4.69) is 4.74 Å². The number of hydrogen-bond acceptors (Lipinski definition) is 3. The van der Waals surface area contributed by atoms with Crippen LogP contribution in [0, 0.1) is 5.82 Å². The molecule has 0 saturated heterocycles. The van der Waals surface area contributed by atoms with Crippen molar-refractivity contribution in [1.82, 2.24) is 0 Å². The molecule has 1 aromatic carbocycles. The van der Waals surface area contributed by atoms with Gasteiger partial charge in [0.05, 0.1) is 7.11 Å². The zero-order valence-electron chi connectivity index (χ0n) is 10.7. The van der Waals surface area contributed by atoms with Crippen LogP contribution in [0.3, 0.4) is 0 Å². The number of aldehydes is 1. The number of carbonyl (C=O) groups excluding carboxylic acids is 1. The number of benzene rings is 1. The fraction of sp³-hybridized carbons (Fsp3) is 0.500. The van der Waals surface area contributed by atoms with E-state index in [0.29, 0.717) is 17.9 Å². The van der Waals surface area contributed by atoms with Crippen molar-refractivity contribution in [2.24, 2.45) is 5.73 Å². The Hall–Kier alpha value is -1.42. The maximum absolute atomic E-state index is 12.8. The van der Waals surface area contributed by atoms with Crippen molar-refractivity contribution in [1.29, 1.82) is 0 Å². The molecule has 1 aliphatic rings. The largest absolute Gasteiger partial charge is 0.494 e. The molecule has 0 spiro atoms. The van der Waals surface area contributed by atoms with E-state index in [4.69, 9.17) is 5.73 Å². The topological polar surface area (TPSA) is 52.3 Å².